The number of likely N-dealkylation sites (tertiary alicyclic amines) is 1. The molecule has 0 bridgehead atoms. The van der Waals surface area contributed by atoms with Crippen LogP contribution in [0.25, 0.3) is 0 Å². The van der Waals surface area contributed by atoms with E-state index in [9.17, 15) is 14.0 Å². The molecular formula is C20H21FN4O2. The number of rotatable bonds is 2. The summed E-state index contributed by atoms with van der Waals surface area (Å²) in [4.78, 5) is 34.9. The van der Waals surface area contributed by atoms with Crippen molar-refractivity contribution in [3.8, 4) is 0 Å². The van der Waals surface area contributed by atoms with E-state index >= 15 is 0 Å². The van der Waals surface area contributed by atoms with Gasteiger partial charge in [0.25, 0.3) is 5.91 Å². The number of benzene rings is 1. The van der Waals surface area contributed by atoms with E-state index in [0.29, 0.717) is 31.0 Å². The molecule has 4 rings (SSSR count). The van der Waals surface area contributed by atoms with E-state index in [2.05, 4.69) is 4.98 Å². The molecule has 0 aliphatic carbocycles. The molecule has 2 aliphatic rings. The minimum atomic E-state index is -0.369. The maximum Gasteiger partial charge on any atom is 0.272 e. The first-order valence-electron chi connectivity index (χ1n) is 8.96. The number of carbonyl (C=O) groups is 2. The lowest BCUT2D eigenvalue weighted by molar-refractivity contribution is -0.123. The summed E-state index contributed by atoms with van der Waals surface area (Å²) in [6, 6.07) is 11.4. The zero-order valence-electron chi connectivity index (χ0n) is 15.1. The topological polar surface area (TPSA) is 56.8 Å². The number of hydrogen-bond acceptors (Lipinski definition) is 4. The normalized spacial score (nSPS) is 23.3. The summed E-state index contributed by atoms with van der Waals surface area (Å²) in [6.45, 7) is 1.78. The molecule has 0 saturated carbocycles. The molecule has 3 heterocycles. The summed E-state index contributed by atoms with van der Waals surface area (Å²) in [5.74, 6) is -0.537. The Labute approximate surface area is 157 Å². The van der Waals surface area contributed by atoms with Crippen molar-refractivity contribution in [1.29, 1.82) is 0 Å². The Morgan fingerprint density at radius 2 is 2.04 bits per heavy atom. The molecule has 2 aromatic rings. The number of aromatic nitrogens is 1. The van der Waals surface area contributed by atoms with Crippen molar-refractivity contribution in [3.63, 3.8) is 0 Å². The highest BCUT2D eigenvalue weighted by molar-refractivity contribution is 5.96. The standard InChI is InChI=1S/C20H21FN4O2/c1-23-12-18(26)25(16-6-4-5-15(21)11-16)14-20(23)8-10-24(13-20)19(27)17-7-2-3-9-22-17/h2-7,9,11H,8,10,12-14H2,1H3/t20-/m1/s1. The van der Waals surface area contributed by atoms with Gasteiger partial charge in [-0.25, -0.2) is 4.39 Å². The number of amides is 2. The van der Waals surface area contributed by atoms with Crippen LogP contribution in [0, 0.1) is 5.82 Å². The predicted octanol–water partition coefficient (Wildman–Crippen LogP) is 1.78. The number of likely N-dealkylation sites (N-methyl/N-ethyl adjacent to an activating group) is 1. The second kappa shape index (κ2) is 6.74. The lowest BCUT2D eigenvalue weighted by Crippen LogP contribution is -2.64. The molecule has 2 aliphatic heterocycles. The minimum Gasteiger partial charge on any atom is -0.335 e. The van der Waals surface area contributed by atoms with E-state index in [1.54, 1.807) is 46.3 Å². The molecule has 6 nitrogen and oxygen atoms in total. The van der Waals surface area contributed by atoms with Crippen molar-refractivity contribution < 1.29 is 14.0 Å². The van der Waals surface area contributed by atoms with Crippen molar-refractivity contribution in [2.75, 3.05) is 38.1 Å². The number of halogens is 1. The molecule has 1 spiro atoms. The number of piperazine rings is 1. The van der Waals surface area contributed by atoms with E-state index < -0.39 is 0 Å². The SMILES string of the molecule is CN1CC(=O)N(c2cccc(F)c2)C[C@]12CCN(C(=O)c1ccccn1)C2. The average molecular weight is 368 g/mol. The molecule has 140 valence electrons. The molecule has 2 fully saturated rings. The van der Waals surface area contributed by atoms with Gasteiger partial charge in [0.15, 0.2) is 0 Å². The van der Waals surface area contributed by atoms with Gasteiger partial charge in [0.1, 0.15) is 11.5 Å². The molecule has 0 N–H and O–H groups in total. The first-order chi connectivity index (χ1) is 13.0. The Bertz CT molecular complexity index is 875. The second-order valence-electron chi connectivity index (χ2n) is 7.23. The van der Waals surface area contributed by atoms with E-state index in [4.69, 9.17) is 0 Å². The van der Waals surface area contributed by atoms with Gasteiger partial charge in [-0.2, -0.15) is 0 Å². The third-order valence-electron chi connectivity index (χ3n) is 5.56. The van der Waals surface area contributed by atoms with Gasteiger partial charge in [-0.05, 0) is 43.8 Å². The number of pyridine rings is 1. The molecular weight excluding hydrogens is 347 g/mol. The van der Waals surface area contributed by atoms with E-state index in [0.717, 1.165) is 6.42 Å². The molecule has 2 saturated heterocycles. The van der Waals surface area contributed by atoms with Crippen LogP contribution in [0.1, 0.15) is 16.9 Å². The van der Waals surface area contributed by atoms with Crippen LogP contribution in [0.3, 0.4) is 0 Å². The number of carbonyl (C=O) groups excluding carboxylic acids is 2. The highest BCUT2D eigenvalue weighted by Crippen LogP contribution is 2.34. The van der Waals surface area contributed by atoms with Crippen molar-refractivity contribution in [3.05, 3.63) is 60.2 Å². The summed E-state index contributed by atoms with van der Waals surface area (Å²) >= 11 is 0. The Morgan fingerprint density at radius 1 is 1.19 bits per heavy atom. The second-order valence-corrected chi connectivity index (χ2v) is 7.23. The van der Waals surface area contributed by atoms with Crippen LogP contribution in [-0.4, -0.2) is 65.4 Å². The maximum atomic E-state index is 13.6. The van der Waals surface area contributed by atoms with Crippen molar-refractivity contribution >= 4 is 17.5 Å². The van der Waals surface area contributed by atoms with Gasteiger partial charge in [0, 0.05) is 31.5 Å². The van der Waals surface area contributed by atoms with E-state index in [1.165, 1.54) is 12.1 Å². The van der Waals surface area contributed by atoms with Crippen molar-refractivity contribution in [2.45, 2.75) is 12.0 Å². The fourth-order valence-electron chi connectivity index (χ4n) is 3.96. The van der Waals surface area contributed by atoms with Gasteiger partial charge in [-0.1, -0.05) is 12.1 Å². The van der Waals surface area contributed by atoms with E-state index in [-0.39, 0.29) is 29.7 Å². The molecule has 7 heteroatoms. The fourth-order valence-corrected chi connectivity index (χ4v) is 3.96. The monoisotopic (exact) mass is 368 g/mol. The minimum absolute atomic E-state index is 0.0665. The zero-order chi connectivity index (χ0) is 19.0. The predicted molar refractivity (Wildman–Crippen MR) is 98.9 cm³/mol. The Kier molecular flexibility index (Phi) is 4.39. The smallest absolute Gasteiger partial charge is 0.272 e. The molecule has 0 unspecified atom stereocenters. The summed E-state index contributed by atoms with van der Waals surface area (Å²) in [6.07, 6.45) is 2.36. The summed E-state index contributed by atoms with van der Waals surface area (Å²) in [5, 5.41) is 0. The Morgan fingerprint density at radius 3 is 2.78 bits per heavy atom. The summed E-state index contributed by atoms with van der Waals surface area (Å²) in [7, 11) is 1.91. The molecule has 0 radical (unpaired) electrons. The van der Waals surface area contributed by atoms with Crippen molar-refractivity contribution in [2.24, 2.45) is 0 Å². The van der Waals surface area contributed by atoms with Crippen LogP contribution < -0.4 is 4.90 Å². The lowest BCUT2D eigenvalue weighted by Gasteiger charge is -2.46. The fraction of sp³-hybridized carbons (Fsp3) is 0.350. The summed E-state index contributed by atoms with van der Waals surface area (Å²) < 4.78 is 13.6. The number of nitrogens with zero attached hydrogens (tertiary/aromatic N) is 4. The van der Waals surface area contributed by atoms with Crippen molar-refractivity contribution in [1.82, 2.24) is 14.8 Å². The van der Waals surface area contributed by atoms with Crippen LogP contribution in [-0.2, 0) is 4.79 Å². The zero-order valence-corrected chi connectivity index (χ0v) is 15.1. The number of hydrogen-bond donors (Lipinski definition) is 0. The average Bonchev–Trinajstić information content (AvgIpc) is 3.10. The Balaban J connectivity index is 1.57. The van der Waals surface area contributed by atoms with Gasteiger partial charge < -0.3 is 9.80 Å². The van der Waals surface area contributed by atoms with Gasteiger partial charge in [-0.15, -0.1) is 0 Å². The molecule has 1 aromatic heterocycles. The van der Waals surface area contributed by atoms with Crippen LogP contribution in [0.4, 0.5) is 10.1 Å². The highest BCUT2D eigenvalue weighted by atomic mass is 19.1. The third-order valence-corrected chi connectivity index (χ3v) is 5.56. The first-order valence-corrected chi connectivity index (χ1v) is 8.96. The van der Waals surface area contributed by atoms with E-state index in [1.807, 2.05) is 11.9 Å². The molecule has 1 atom stereocenters. The van der Waals surface area contributed by atoms with Gasteiger partial charge in [0.2, 0.25) is 5.91 Å². The van der Waals surface area contributed by atoms with Gasteiger partial charge in [0.05, 0.1) is 12.1 Å². The largest absolute Gasteiger partial charge is 0.335 e. The lowest BCUT2D eigenvalue weighted by atomic mass is 9.92. The summed E-state index contributed by atoms with van der Waals surface area (Å²) in [5.41, 5.74) is 0.637. The molecule has 1 aromatic carbocycles. The van der Waals surface area contributed by atoms with Crippen LogP contribution >= 0.6 is 0 Å². The molecule has 27 heavy (non-hydrogen) atoms. The van der Waals surface area contributed by atoms with Gasteiger partial charge >= 0.3 is 0 Å². The quantitative estimate of drug-likeness (QED) is 0.811. The third kappa shape index (κ3) is 3.19. The number of anilines is 1. The van der Waals surface area contributed by atoms with Crippen LogP contribution in [0.5, 0.6) is 0 Å². The van der Waals surface area contributed by atoms with Crippen LogP contribution in [0.15, 0.2) is 48.7 Å². The molecule has 2 amide bonds. The highest BCUT2D eigenvalue weighted by Gasteiger charge is 2.48. The first kappa shape index (κ1) is 17.6. The maximum absolute atomic E-state index is 13.6. The Hall–Kier alpha value is -2.80. The van der Waals surface area contributed by atoms with Gasteiger partial charge in [-0.3, -0.25) is 19.5 Å². The van der Waals surface area contributed by atoms with Crippen LogP contribution in [0.2, 0.25) is 0 Å².